The van der Waals surface area contributed by atoms with Crippen molar-refractivity contribution in [2.45, 2.75) is 59.5 Å². The number of rotatable bonds is 8. The van der Waals surface area contributed by atoms with Crippen molar-refractivity contribution in [3.8, 4) is 0 Å². The third kappa shape index (κ3) is 4.17. The van der Waals surface area contributed by atoms with Gasteiger partial charge < -0.3 is 5.32 Å². The van der Waals surface area contributed by atoms with Crippen molar-refractivity contribution in [2.24, 2.45) is 5.92 Å². The molecule has 0 aliphatic heterocycles. The lowest BCUT2D eigenvalue weighted by atomic mass is 9.98. The summed E-state index contributed by atoms with van der Waals surface area (Å²) in [4.78, 5) is 12.0. The maximum atomic E-state index is 12.0. The van der Waals surface area contributed by atoms with Crippen molar-refractivity contribution in [2.75, 3.05) is 0 Å². The topological polar surface area (TPSA) is 46.9 Å². The average molecular weight is 251 g/mol. The first-order chi connectivity index (χ1) is 8.72. The van der Waals surface area contributed by atoms with E-state index in [1.54, 1.807) is 6.20 Å². The second-order valence-electron chi connectivity index (χ2n) is 4.60. The first-order valence-corrected chi connectivity index (χ1v) is 7.01. The molecule has 102 valence electrons. The monoisotopic (exact) mass is 251 g/mol. The summed E-state index contributed by atoms with van der Waals surface area (Å²) < 4.78 is 1.91. The maximum absolute atomic E-state index is 12.0. The lowest BCUT2D eigenvalue weighted by molar-refractivity contribution is -0.125. The molecular formula is C14H25N3O. The summed E-state index contributed by atoms with van der Waals surface area (Å²) in [5.74, 6) is 0.331. The number of nitrogens with one attached hydrogen (secondary N) is 1. The summed E-state index contributed by atoms with van der Waals surface area (Å²) in [5.41, 5.74) is 1.07. The van der Waals surface area contributed by atoms with Crippen LogP contribution in [0.3, 0.4) is 0 Å². The van der Waals surface area contributed by atoms with Gasteiger partial charge in [-0.2, -0.15) is 5.10 Å². The smallest absolute Gasteiger partial charge is 0.223 e. The Morgan fingerprint density at radius 2 is 2.22 bits per heavy atom. The molecule has 0 aliphatic rings. The molecular weight excluding hydrogens is 226 g/mol. The highest BCUT2D eigenvalue weighted by molar-refractivity contribution is 5.78. The zero-order valence-electron chi connectivity index (χ0n) is 11.8. The molecule has 4 nitrogen and oxygen atoms in total. The minimum atomic E-state index is 0.156. The average Bonchev–Trinajstić information content (AvgIpc) is 2.84. The fourth-order valence-corrected chi connectivity index (χ4v) is 2.09. The number of aryl methyl sites for hydroxylation is 1. The van der Waals surface area contributed by atoms with Gasteiger partial charge >= 0.3 is 0 Å². The van der Waals surface area contributed by atoms with Crippen molar-refractivity contribution in [1.82, 2.24) is 15.1 Å². The molecule has 0 fully saturated rings. The number of carbonyl (C=O) groups is 1. The van der Waals surface area contributed by atoms with Crippen LogP contribution in [0.2, 0.25) is 0 Å². The van der Waals surface area contributed by atoms with Gasteiger partial charge in [0, 0.05) is 18.7 Å². The van der Waals surface area contributed by atoms with E-state index in [4.69, 9.17) is 0 Å². The van der Waals surface area contributed by atoms with E-state index in [1.165, 1.54) is 0 Å². The lowest BCUT2D eigenvalue weighted by Crippen LogP contribution is -2.30. The minimum absolute atomic E-state index is 0.156. The second-order valence-corrected chi connectivity index (χ2v) is 4.60. The first kappa shape index (κ1) is 14.7. The van der Waals surface area contributed by atoms with Crippen molar-refractivity contribution in [3.05, 3.63) is 18.0 Å². The predicted molar refractivity (Wildman–Crippen MR) is 73.1 cm³/mol. The van der Waals surface area contributed by atoms with Crippen LogP contribution in [0.25, 0.3) is 0 Å². The Balaban J connectivity index is 2.44. The molecule has 1 N–H and O–H groups in total. The predicted octanol–water partition coefficient (Wildman–Crippen LogP) is 2.74. The van der Waals surface area contributed by atoms with Gasteiger partial charge in [0.2, 0.25) is 5.91 Å². The quantitative estimate of drug-likeness (QED) is 0.772. The molecule has 4 heteroatoms. The molecule has 1 amide bonds. The van der Waals surface area contributed by atoms with Crippen molar-refractivity contribution in [1.29, 1.82) is 0 Å². The number of amides is 1. The van der Waals surface area contributed by atoms with E-state index in [9.17, 15) is 4.79 Å². The number of nitrogens with zero attached hydrogens (tertiary/aromatic N) is 2. The molecule has 1 heterocycles. The summed E-state index contributed by atoms with van der Waals surface area (Å²) in [6, 6.07) is 1.96. The van der Waals surface area contributed by atoms with E-state index in [1.807, 2.05) is 10.7 Å². The van der Waals surface area contributed by atoms with Gasteiger partial charge in [-0.3, -0.25) is 9.48 Å². The van der Waals surface area contributed by atoms with Crippen LogP contribution in [-0.2, 0) is 17.9 Å². The summed E-state index contributed by atoms with van der Waals surface area (Å²) in [6.07, 6.45) is 5.95. The van der Waals surface area contributed by atoms with Crippen LogP contribution in [-0.4, -0.2) is 15.7 Å². The molecule has 0 saturated heterocycles. The maximum Gasteiger partial charge on any atom is 0.223 e. The summed E-state index contributed by atoms with van der Waals surface area (Å²) in [5, 5.41) is 7.21. The molecule has 1 unspecified atom stereocenters. The molecule has 18 heavy (non-hydrogen) atoms. The van der Waals surface area contributed by atoms with Gasteiger partial charge in [-0.05, 0) is 25.8 Å². The molecule has 1 aromatic heterocycles. The van der Waals surface area contributed by atoms with E-state index >= 15 is 0 Å². The Bertz CT molecular complexity index is 360. The molecule has 1 atom stereocenters. The van der Waals surface area contributed by atoms with E-state index < -0.39 is 0 Å². The third-order valence-electron chi connectivity index (χ3n) is 3.32. The Morgan fingerprint density at radius 1 is 1.44 bits per heavy atom. The highest BCUT2D eigenvalue weighted by atomic mass is 16.1. The van der Waals surface area contributed by atoms with Gasteiger partial charge in [-0.25, -0.2) is 0 Å². The normalized spacial score (nSPS) is 12.4. The van der Waals surface area contributed by atoms with E-state index in [2.05, 4.69) is 31.2 Å². The molecule has 0 aliphatic carbocycles. The summed E-state index contributed by atoms with van der Waals surface area (Å²) in [7, 11) is 0. The lowest BCUT2D eigenvalue weighted by Gasteiger charge is -2.14. The highest BCUT2D eigenvalue weighted by Gasteiger charge is 2.15. The van der Waals surface area contributed by atoms with Crippen LogP contribution in [0.4, 0.5) is 0 Å². The molecule has 0 aromatic carbocycles. The first-order valence-electron chi connectivity index (χ1n) is 7.01. The Kier molecular flexibility index (Phi) is 6.47. The largest absolute Gasteiger partial charge is 0.350 e. The van der Waals surface area contributed by atoms with E-state index in [0.717, 1.165) is 37.9 Å². The number of unbranched alkanes of at least 4 members (excludes halogenated alkanes) is 1. The standard InChI is InChI=1S/C14H25N3O/c1-4-7-8-12(5-2)14(18)15-11-13-9-10-16-17(13)6-3/h9-10,12H,4-8,11H2,1-3H3,(H,15,18). The van der Waals surface area contributed by atoms with Crippen molar-refractivity contribution < 1.29 is 4.79 Å². The van der Waals surface area contributed by atoms with Gasteiger partial charge in [0.15, 0.2) is 0 Å². The van der Waals surface area contributed by atoms with E-state index in [-0.39, 0.29) is 11.8 Å². The van der Waals surface area contributed by atoms with Crippen molar-refractivity contribution >= 4 is 5.91 Å². The summed E-state index contributed by atoms with van der Waals surface area (Å²) >= 11 is 0. The molecule has 1 aromatic rings. The Hall–Kier alpha value is -1.32. The van der Waals surface area contributed by atoms with Gasteiger partial charge in [0.1, 0.15) is 0 Å². The number of hydrogen-bond donors (Lipinski definition) is 1. The molecule has 1 rings (SSSR count). The number of carbonyl (C=O) groups excluding carboxylic acids is 1. The molecule has 0 radical (unpaired) electrons. The number of hydrogen-bond acceptors (Lipinski definition) is 2. The Labute approximate surface area is 110 Å². The number of aromatic nitrogens is 2. The second kappa shape index (κ2) is 7.90. The van der Waals surface area contributed by atoms with Crippen LogP contribution in [0.5, 0.6) is 0 Å². The van der Waals surface area contributed by atoms with Gasteiger partial charge in [-0.15, -0.1) is 0 Å². The van der Waals surface area contributed by atoms with Crippen LogP contribution in [0.1, 0.15) is 52.1 Å². The minimum Gasteiger partial charge on any atom is -0.350 e. The van der Waals surface area contributed by atoms with Crippen LogP contribution in [0, 0.1) is 5.92 Å². The van der Waals surface area contributed by atoms with Gasteiger partial charge in [0.25, 0.3) is 0 Å². The van der Waals surface area contributed by atoms with Crippen LogP contribution >= 0.6 is 0 Å². The zero-order valence-corrected chi connectivity index (χ0v) is 11.8. The Morgan fingerprint density at radius 3 is 2.83 bits per heavy atom. The van der Waals surface area contributed by atoms with Gasteiger partial charge in [-0.1, -0.05) is 26.7 Å². The SMILES string of the molecule is CCCCC(CC)C(=O)NCc1ccnn1CC. The zero-order chi connectivity index (χ0) is 13.4. The molecule has 0 spiro atoms. The third-order valence-corrected chi connectivity index (χ3v) is 3.32. The van der Waals surface area contributed by atoms with E-state index in [0.29, 0.717) is 6.54 Å². The van der Waals surface area contributed by atoms with Gasteiger partial charge in [0.05, 0.1) is 12.2 Å². The van der Waals surface area contributed by atoms with Crippen LogP contribution < -0.4 is 5.32 Å². The molecule has 0 saturated carbocycles. The van der Waals surface area contributed by atoms with Crippen LogP contribution in [0.15, 0.2) is 12.3 Å². The fourth-order valence-electron chi connectivity index (χ4n) is 2.09. The fraction of sp³-hybridized carbons (Fsp3) is 0.714. The summed E-state index contributed by atoms with van der Waals surface area (Å²) in [6.45, 7) is 7.70. The molecule has 0 bridgehead atoms. The highest BCUT2D eigenvalue weighted by Crippen LogP contribution is 2.12. The van der Waals surface area contributed by atoms with Crippen molar-refractivity contribution in [3.63, 3.8) is 0 Å².